The van der Waals surface area contributed by atoms with Gasteiger partial charge in [-0.05, 0) is 26.3 Å². The van der Waals surface area contributed by atoms with Crippen LogP contribution in [-0.2, 0) is 14.3 Å². The van der Waals surface area contributed by atoms with Crippen molar-refractivity contribution in [2.75, 3.05) is 19.7 Å². The molecule has 0 aromatic heterocycles. The van der Waals surface area contributed by atoms with Crippen molar-refractivity contribution in [3.05, 3.63) is 0 Å². The van der Waals surface area contributed by atoms with Gasteiger partial charge in [-0.1, -0.05) is 0 Å². The summed E-state index contributed by atoms with van der Waals surface area (Å²) in [6.07, 6.45) is 2.22. The van der Waals surface area contributed by atoms with E-state index in [1.54, 1.807) is 11.8 Å². The fourth-order valence-corrected chi connectivity index (χ4v) is 2.09. The topological polar surface area (TPSA) is 58.6 Å². The molecule has 2 aliphatic rings. The molecule has 2 atom stereocenters. The molecule has 84 valence electrons. The van der Waals surface area contributed by atoms with Crippen LogP contribution in [0.15, 0.2) is 0 Å². The number of carbonyl (C=O) groups excluding carboxylic acids is 2. The minimum Gasteiger partial charge on any atom is -0.454 e. The Morgan fingerprint density at radius 3 is 3.00 bits per heavy atom. The standard InChI is InChI=1S/C10H16N2O3/c1-7-10(14)15-6-9(13)12(7)5-8-3-2-4-11-8/h7-8,11H,2-6H2,1H3. The van der Waals surface area contributed by atoms with Gasteiger partial charge in [0.1, 0.15) is 6.04 Å². The number of nitrogens with zero attached hydrogens (tertiary/aromatic N) is 1. The molecule has 1 amide bonds. The maximum atomic E-state index is 11.6. The van der Waals surface area contributed by atoms with Crippen molar-refractivity contribution < 1.29 is 14.3 Å². The molecule has 15 heavy (non-hydrogen) atoms. The smallest absolute Gasteiger partial charge is 0.329 e. The lowest BCUT2D eigenvalue weighted by Gasteiger charge is -2.33. The number of ether oxygens (including phenoxy) is 1. The van der Waals surface area contributed by atoms with Crippen molar-refractivity contribution in [1.82, 2.24) is 10.2 Å². The summed E-state index contributed by atoms with van der Waals surface area (Å²) >= 11 is 0. The fraction of sp³-hybridized carbons (Fsp3) is 0.800. The molecule has 0 aliphatic carbocycles. The largest absolute Gasteiger partial charge is 0.454 e. The number of rotatable bonds is 2. The van der Waals surface area contributed by atoms with Crippen molar-refractivity contribution in [2.45, 2.75) is 31.8 Å². The molecule has 2 fully saturated rings. The summed E-state index contributed by atoms with van der Waals surface area (Å²) < 4.78 is 4.75. The molecule has 2 heterocycles. The lowest BCUT2D eigenvalue weighted by Crippen LogP contribution is -2.54. The SMILES string of the molecule is CC1C(=O)OCC(=O)N1CC1CCCN1. The van der Waals surface area contributed by atoms with Crippen molar-refractivity contribution in [1.29, 1.82) is 0 Å². The zero-order chi connectivity index (χ0) is 10.8. The van der Waals surface area contributed by atoms with Crippen LogP contribution in [0.4, 0.5) is 0 Å². The number of carbonyl (C=O) groups is 2. The summed E-state index contributed by atoms with van der Waals surface area (Å²) in [5.74, 6) is -0.386. The highest BCUT2D eigenvalue weighted by atomic mass is 16.5. The molecule has 5 nitrogen and oxygen atoms in total. The zero-order valence-corrected chi connectivity index (χ0v) is 8.86. The highest BCUT2D eigenvalue weighted by molar-refractivity contribution is 5.90. The number of hydrogen-bond donors (Lipinski definition) is 1. The highest BCUT2D eigenvalue weighted by Gasteiger charge is 2.34. The molecule has 2 saturated heterocycles. The Labute approximate surface area is 88.8 Å². The van der Waals surface area contributed by atoms with Crippen LogP contribution in [0.2, 0.25) is 0 Å². The molecule has 2 aliphatic heterocycles. The molecule has 0 bridgehead atoms. The van der Waals surface area contributed by atoms with Gasteiger partial charge in [-0.25, -0.2) is 4.79 Å². The lowest BCUT2D eigenvalue weighted by atomic mass is 10.1. The second-order valence-corrected chi connectivity index (χ2v) is 4.12. The van der Waals surface area contributed by atoms with Gasteiger partial charge < -0.3 is 15.0 Å². The first-order valence-corrected chi connectivity index (χ1v) is 5.38. The first-order valence-electron chi connectivity index (χ1n) is 5.38. The van der Waals surface area contributed by atoms with E-state index in [0.717, 1.165) is 19.4 Å². The Hall–Kier alpha value is -1.10. The van der Waals surface area contributed by atoms with Crippen LogP contribution in [0.3, 0.4) is 0 Å². The van der Waals surface area contributed by atoms with Gasteiger partial charge in [0.2, 0.25) is 0 Å². The van der Waals surface area contributed by atoms with Crippen molar-refractivity contribution in [3.63, 3.8) is 0 Å². The molecule has 1 N–H and O–H groups in total. The van der Waals surface area contributed by atoms with Gasteiger partial charge in [0, 0.05) is 12.6 Å². The molecular formula is C10H16N2O3. The van der Waals surface area contributed by atoms with Crippen LogP contribution in [0, 0.1) is 0 Å². The third-order valence-corrected chi connectivity index (χ3v) is 3.05. The molecular weight excluding hydrogens is 196 g/mol. The van der Waals surface area contributed by atoms with E-state index in [1.165, 1.54) is 0 Å². The fourth-order valence-electron chi connectivity index (χ4n) is 2.09. The lowest BCUT2D eigenvalue weighted by molar-refractivity contribution is -0.168. The summed E-state index contributed by atoms with van der Waals surface area (Å²) in [6, 6.07) is -0.101. The minimum absolute atomic E-state index is 0.0872. The van der Waals surface area contributed by atoms with Gasteiger partial charge in [-0.3, -0.25) is 4.79 Å². The third kappa shape index (κ3) is 2.12. The molecule has 5 heteroatoms. The molecule has 0 saturated carbocycles. The van der Waals surface area contributed by atoms with Gasteiger partial charge >= 0.3 is 5.97 Å². The second-order valence-electron chi connectivity index (χ2n) is 4.12. The van der Waals surface area contributed by atoms with E-state index in [4.69, 9.17) is 4.74 Å². The van der Waals surface area contributed by atoms with Gasteiger partial charge in [-0.2, -0.15) is 0 Å². The Morgan fingerprint density at radius 2 is 2.33 bits per heavy atom. The molecule has 0 radical (unpaired) electrons. The van der Waals surface area contributed by atoms with Crippen molar-refractivity contribution in [3.8, 4) is 0 Å². The van der Waals surface area contributed by atoms with Gasteiger partial charge in [0.05, 0.1) is 0 Å². The monoisotopic (exact) mass is 212 g/mol. The van der Waals surface area contributed by atoms with Crippen LogP contribution in [0.25, 0.3) is 0 Å². The van der Waals surface area contributed by atoms with Crippen molar-refractivity contribution in [2.24, 2.45) is 0 Å². The van der Waals surface area contributed by atoms with Gasteiger partial charge in [-0.15, -0.1) is 0 Å². The number of morpholine rings is 1. The van der Waals surface area contributed by atoms with E-state index in [2.05, 4.69) is 5.32 Å². The molecule has 0 aromatic carbocycles. The third-order valence-electron chi connectivity index (χ3n) is 3.05. The van der Waals surface area contributed by atoms with E-state index in [9.17, 15) is 9.59 Å². The summed E-state index contributed by atoms with van der Waals surface area (Å²) in [5, 5.41) is 3.31. The number of amides is 1. The molecule has 0 aromatic rings. The first kappa shape index (κ1) is 10.4. The maximum absolute atomic E-state index is 11.6. The maximum Gasteiger partial charge on any atom is 0.329 e. The molecule has 2 unspecified atom stereocenters. The van der Waals surface area contributed by atoms with E-state index in [1.807, 2.05) is 0 Å². The predicted octanol–water partition coefficient (Wildman–Crippen LogP) is -0.488. The van der Waals surface area contributed by atoms with Crippen molar-refractivity contribution >= 4 is 11.9 Å². The first-order chi connectivity index (χ1) is 7.18. The van der Waals surface area contributed by atoms with E-state index < -0.39 is 6.04 Å². The predicted molar refractivity (Wildman–Crippen MR) is 53.2 cm³/mol. The van der Waals surface area contributed by atoms with E-state index in [-0.39, 0.29) is 18.5 Å². The Morgan fingerprint density at radius 1 is 1.53 bits per heavy atom. The van der Waals surface area contributed by atoms with E-state index in [0.29, 0.717) is 12.6 Å². The van der Waals surface area contributed by atoms with Gasteiger partial charge in [0.15, 0.2) is 6.61 Å². The van der Waals surface area contributed by atoms with Crippen LogP contribution >= 0.6 is 0 Å². The molecule has 2 rings (SSSR count). The number of esters is 1. The Balaban J connectivity index is 1.97. The normalized spacial score (nSPS) is 31.9. The van der Waals surface area contributed by atoms with Crippen LogP contribution in [0.5, 0.6) is 0 Å². The summed E-state index contributed by atoms with van der Waals surface area (Å²) in [4.78, 5) is 24.5. The number of nitrogens with one attached hydrogen (secondary N) is 1. The minimum atomic E-state index is -0.436. The summed E-state index contributed by atoms with van der Waals surface area (Å²) in [6.45, 7) is 3.24. The Bertz CT molecular complexity index is 274. The van der Waals surface area contributed by atoms with E-state index >= 15 is 0 Å². The number of hydrogen-bond acceptors (Lipinski definition) is 4. The van der Waals surface area contributed by atoms with Gasteiger partial charge in [0.25, 0.3) is 5.91 Å². The van der Waals surface area contributed by atoms with Crippen LogP contribution in [-0.4, -0.2) is 48.6 Å². The number of cyclic esters (lactones) is 1. The summed E-state index contributed by atoms with van der Waals surface area (Å²) in [7, 11) is 0. The second kappa shape index (κ2) is 4.18. The quantitative estimate of drug-likeness (QED) is 0.628. The van der Waals surface area contributed by atoms with Crippen LogP contribution < -0.4 is 5.32 Å². The average molecular weight is 212 g/mol. The van der Waals surface area contributed by atoms with Crippen LogP contribution in [0.1, 0.15) is 19.8 Å². The average Bonchev–Trinajstić information content (AvgIpc) is 2.71. The zero-order valence-electron chi connectivity index (χ0n) is 8.86. The molecule has 0 spiro atoms. The Kier molecular flexibility index (Phi) is 2.90. The summed E-state index contributed by atoms with van der Waals surface area (Å²) in [5.41, 5.74) is 0. The highest BCUT2D eigenvalue weighted by Crippen LogP contribution is 2.13.